The molecule has 0 aromatic heterocycles. The molecule has 0 amide bonds. The van der Waals surface area contributed by atoms with Gasteiger partial charge in [-0.2, -0.15) is 0 Å². The standard InChI is InChI=1S/C41H34O4/c42-39(31-19-7-1-8-20-31,32-21-9-2-10-22-32)37-38(40(43,33-23-11-3-12-24-33)34-25-13-4-14-26-34)45-41(44-37,35-27-15-5-16-28-35)36-29-17-6-18-30-36/h1-30,37-38,42-43H/t37-,38-/m1/s1. The Bertz CT molecular complexity index is 1590. The first-order valence-corrected chi connectivity index (χ1v) is 15.2. The van der Waals surface area contributed by atoms with Crippen LogP contribution in [-0.2, 0) is 26.5 Å². The average Bonchev–Trinajstić information content (AvgIpc) is 3.56. The van der Waals surface area contributed by atoms with Crippen LogP contribution in [0.1, 0.15) is 33.4 Å². The van der Waals surface area contributed by atoms with E-state index in [1.807, 2.05) is 182 Å². The fraction of sp³-hybridized carbons (Fsp3) is 0.122. The molecule has 2 N–H and O–H groups in total. The number of hydrogen-bond donors (Lipinski definition) is 2. The fourth-order valence-electron chi connectivity index (χ4n) is 6.63. The second-order valence-corrected chi connectivity index (χ2v) is 11.4. The first-order chi connectivity index (χ1) is 22.1. The summed E-state index contributed by atoms with van der Waals surface area (Å²) >= 11 is 0. The zero-order chi connectivity index (χ0) is 30.7. The van der Waals surface area contributed by atoms with Crippen molar-refractivity contribution < 1.29 is 19.7 Å². The molecule has 6 aromatic carbocycles. The van der Waals surface area contributed by atoms with Crippen LogP contribution < -0.4 is 0 Å². The number of aliphatic hydroxyl groups is 2. The highest BCUT2D eigenvalue weighted by Crippen LogP contribution is 2.55. The van der Waals surface area contributed by atoms with Crippen LogP contribution in [0.3, 0.4) is 0 Å². The topological polar surface area (TPSA) is 58.9 Å². The van der Waals surface area contributed by atoms with Gasteiger partial charge >= 0.3 is 0 Å². The zero-order valence-electron chi connectivity index (χ0n) is 24.7. The molecule has 7 rings (SSSR count). The molecule has 0 saturated carbocycles. The maximum atomic E-state index is 13.3. The van der Waals surface area contributed by atoms with Crippen LogP contribution in [0.25, 0.3) is 0 Å². The summed E-state index contributed by atoms with van der Waals surface area (Å²) in [5.74, 6) is -1.47. The molecule has 1 aliphatic heterocycles. The van der Waals surface area contributed by atoms with E-state index in [0.717, 1.165) is 11.1 Å². The third kappa shape index (κ3) is 4.89. The maximum absolute atomic E-state index is 13.3. The lowest BCUT2D eigenvalue weighted by atomic mass is 9.72. The quantitative estimate of drug-likeness (QED) is 0.192. The van der Waals surface area contributed by atoms with E-state index in [9.17, 15) is 10.2 Å². The average molecular weight is 591 g/mol. The highest BCUT2D eigenvalue weighted by Gasteiger charge is 2.64. The van der Waals surface area contributed by atoms with Crippen molar-refractivity contribution in [1.82, 2.24) is 0 Å². The van der Waals surface area contributed by atoms with Gasteiger partial charge in [-0.3, -0.25) is 0 Å². The second kappa shape index (κ2) is 11.9. The summed E-state index contributed by atoms with van der Waals surface area (Å²) < 4.78 is 14.5. The van der Waals surface area contributed by atoms with Gasteiger partial charge in [0.15, 0.2) is 0 Å². The molecule has 4 nitrogen and oxygen atoms in total. The highest BCUT2D eigenvalue weighted by molar-refractivity contribution is 5.45. The van der Waals surface area contributed by atoms with Crippen LogP contribution >= 0.6 is 0 Å². The summed E-state index contributed by atoms with van der Waals surface area (Å²) in [6, 6.07) is 57.5. The van der Waals surface area contributed by atoms with Gasteiger partial charge in [0.2, 0.25) is 5.79 Å². The van der Waals surface area contributed by atoms with E-state index in [-0.39, 0.29) is 0 Å². The molecule has 1 fully saturated rings. The molecule has 222 valence electrons. The minimum absolute atomic E-state index is 0.621. The molecule has 1 heterocycles. The van der Waals surface area contributed by atoms with Crippen molar-refractivity contribution in [2.75, 3.05) is 0 Å². The maximum Gasteiger partial charge on any atom is 0.223 e. The normalized spacial score (nSPS) is 18.0. The van der Waals surface area contributed by atoms with Crippen molar-refractivity contribution in [3.8, 4) is 0 Å². The van der Waals surface area contributed by atoms with Gasteiger partial charge in [0.1, 0.15) is 23.4 Å². The van der Waals surface area contributed by atoms with E-state index in [2.05, 4.69) is 0 Å². The molecule has 4 heteroatoms. The van der Waals surface area contributed by atoms with Crippen molar-refractivity contribution in [1.29, 1.82) is 0 Å². The smallest absolute Gasteiger partial charge is 0.223 e. The third-order valence-electron chi connectivity index (χ3n) is 8.85. The summed E-state index contributed by atoms with van der Waals surface area (Å²) in [6.45, 7) is 0. The molecule has 0 bridgehead atoms. The van der Waals surface area contributed by atoms with Crippen LogP contribution in [0.2, 0.25) is 0 Å². The Labute approximate surface area is 263 Å². The second-order valence-electron chi connectivity index (χ2n) is 11.4. The predicted octanol–water partition coefficient (Wildman–Crippen LogP) is 7.54. The van der Waals surface area contributed by atoms with Gasteiger partial charge < -0.3 is 19.7 Å². The molecular formula is C41H34O4. The summed E-state index contributed by atoms with van der Waals surface area (Å²) in [6.07, 6.45) is -2.21. The molecule has 2 atom stereocenters. The van der Waals surface area contributed by atoms with E-state index in [4.69, 9.17) is 9.47 Å². The van der Waals surface area contributed by atoms with Crippen molar-refractivity contribution >= 4 is 0 Å². The number of ether oxygens (including phenoxy) is 2. The Hall–Kier alpha value is -4.84. The molecule has 0 spiro atoms. The van der Waals surface area contributed by atoms with E-state index in [1.165, 1.54) is 0 Å². The summed E-state index contributed by atoms with van der Waals surface area (Å²) in [7, 11) is 0. The molecule has 0 aliphatic carbocycles. The van der Waals surface area contributed by atoms with E-state index < -0.39 is 29.2 Å². The molecule has 0 unspecified atom stereocenters. The molecule has 1 saturated heterocycles. The molecular weight excluding hydrogens is 556 g/mol. The largest absolute Gasteiger partial charge is 0.378 e. The molecule has 0 radical (unpaired) electrons. The molecule has 1 aliphatic rings. The zero-order valence-corrected chi connectivity index (χ0v) is 24.7. The van der Waals surface area contributed by atoms with Crippen LogP contribution in [0, 0.1) is 0 Å². The number of rotatable bonds is 8. The summed E-state index contributed by atoms with van der Waals surface area (Å²) in [5.41, 5.74) is 0.494. The van der Waals surface area contributed by atoms with Gasteiger partial charge in [0, 0.05) is 11.1 Å². The number of hydrogen-bond acceptors (Lipinski definition) is 4. The fourth-order valence-corrected chi connectivity index (χ4v) is 6.63. The van der Waals surface area contributed by atoms with Gasteiger partial charge in [-0.25, -0.2) is 0 Å². The van der Waals surface area contributed by atoms with Crippen molar-refractivity contribution in [3.05, 3.63) is 215 Å². The van der Waals surface area contributed by atoms with Gasteiger partial charge in [0.25, 0.3) is 0 Å². The molecule has 6 aromatic rings. The monoisotopic (exact) mass is 590 g/mol. The molecule has 45 heavy (non-hydrogen) atoms. The third-order valence-corrected chi connectivity index (χ3v) is 8.85. The lowest BCUT2D eigenvalue weighted by Gasteiger charge is -2.42. The lowest BCUT2D eigenvalue weighted by molar-refractivity contribution is -0.176. The summed E-state index contributed by atoms with van der Waals surface area (Å²) in [5, 5.41) is 26.6. The van der Waals surface area contributed by atoms with Crippen molar-refractivity contribution in [2.45, 2.75) is 29.2 Å². The Morgan fingerprint density at radius 2 is 0.578 bits per heavy atom. The lowest BCUT2D eigenvalue weighted by Crippen LogP contribution is -2.54. The van der Waals surface area contributed by atoms with Gasteiger partial charge in [0.05, 0.1) is 0 Å². The SMILES string of the molecule is OC(c1ccccc1)(c1ccccc1)[C@@H]1OC(c2ccccc2)(c2ccccc2)O[C@H]1C(O)(c1ccccc1)c1ccccc1. The minimum Gasteiger partial charge on any atom is -0.378 e. The predicted molar refractivity (Wildman–Crippen MR) is 175 cm³/mol. The highest BCUT2D eigenvalue weighted by atomic mass is 16.8. The van der Waals surface area contributed by atoms with Gasteiger partial charge in [-0.1, -0.05) is 182 Å². The first kappa shape index (κ1) is 28.9. The van der Waals surface area contributed by atoms with Crippen molar-refractivity contribution in [2.24, 2.45) is 0 Å². The Morgan fingerprint density at radius 3 is 0.822 bits per heavy atom. The van der Waals surface area contributed by atoms with E-state index in [0.29, 0.717) is 22.3 Å². The van der Waals surface area contributed by atoms with Gasteiger partial charge in [-0.05, 0) is 22.3 Å². The first-order valence-electron chi connectivity index (χ1n) is 15.2. The van der Waals surface area contributed by atoms with Crippen LogP contribution in [0.5, 0.6) is 0 Å². The summed E-state index contributed by atoms with van der Waals surface area (Å²) in [4.78, 5) is 0. The minimum atomic E-state index is -1.74. The van der Waals surface area contributed by atoms with Crippen LogP contribution in [-0.4, -0.2) is 22.4 Å². The van der Waals surface area contributed by atoms with E-state index >= 15 is 0 Å². The van der Waals surface area contributed by atoms with Crippen LogP contribution in [0.4, 0.5) is 0 Å². The Balaban J connectivity index is 1.56. The number of benzene rings is 6. The van der Waals surface area contributed by atoms with E-state index in [1.54, 1.807) is 0 Å². The Morgan fingerprint density at radius 1 is 0.356 bits per heavy atom. The van der Waals surface area contributed by atoms with Crippen molar-refractivity contribution in [3.63, 3.8) is 0 Å². The van der Waals surface area contributed by atoms with Crippen LogP contribution in [0.15, 0.2) is 182 Å². The van der Waals surface area contributed by atoms with Gasteiger partial charge in [-0.15, -0.1) is 0 Å². The Kier molecular flexibility index (Phi) is 7.66.